The van der Waals surface area contributed by atoms with E-state index in [1.165, 1.54) is 12.1 Å². The third-order valence-corrected chi connectivity index (χ3v) is 2.99. The molecule has 1 atom stereocenters. The van der Waals surface area contributed by atoms with Crippen molar-refractivity contribution in [1.82, 2.24) is 10.6 Å². The largest absolute Gasteiger partial charge is 0.489 e. The van der Waals surface area contributed by atoms with Gasteiger partial charge in [-0.2, -0.15) is 0 Å². The molecule has 1 aromatic carbocycles. The molecule has 0 aliphatic rings. The maximum Gasteiger partial charge on any atom is 0.307 e. The third kappa shape index (κ3) is 9.54. The lowest BCUT2D eigenvalue weighted by molar-refractivity contribution is -0.147. The number of benzene rings is 1. The number of aliphatic imine (C=N–C) groups is 1. The Morgan fingerprint density at radius 1 is 1.20 bits per heavy atom. The second-order valence-electron chi connectivity index (χ2n) is 5.82. The predicted octanol–water partition coefficient (Wildman–Crippen LogP) is 2.49. The van der Waals surface area contributed by atoms with Crippen molar-refractivity contribution < 1.29 is 18.7 Å². The quantitative estimate of drug-likeness (QED) is 0.405. The number of rotatable bonds is 9. The number of nitrogens with one attached hydrogen (secondary N) is 2. The summed E-state index contributed by atoms with van der Waals surface area (Å²) in [6.07, 6.45) is -0.0183. The van der Waals surface area contributed by atoms with Crippen LogP contribution >= 0.6 is 0 Å². The normalized spacial score (nSPS) is 12.6. The molecule has 0 bridgehead atoms. The number of hydrogen-bond acceptors (Lipinski definition) is 4. The summed E-state index contributed by atoms with van der Waals surface area (Å²) >= 11 is 0. The average Bonchev–Trinajstić information content (AvgIpc) is 2.54. The Morgan fingerprint density at radius 3 is 2.48 bits per heavy atom. The third-order valence-electron chi connectivity index (χ3n) is 2.99. The van der Waals surface area contributed by atoms with Gasteiger partial charge in [0.15, 0.2) is 5.96 Å². The van der Waals surface area contributed by atoms with Gasteiger partial charge in [0.1, 0.15) is 17.7 Å². The molecular formula is C18H28FN3O3. The summed E-state index contributed by atoms with van der Waals surface area (Å²) in [5, 5.41) is 6.19. The van der Waals surface area contributed by atoms with Crippen LogP contribution in [-0.2, 0) is 9.53 Å². The molecule has 0 heterocycles. The molecule has 0 amide bonds. The van der Waals surface area contributed by atoms with Gasteiger partial charge < -0.3 is 20.1 Å². The highest BCUT2D eigenvalue weighted by atomic mass is 19.1. The molecule has 1 unspecified atom stereocenters. The van der Waals surface area contributed by atoms with E-state index < -0.39 is 0 Å². The van der Waals surface area contributed by atoms with Crippen LogP contribution in [0.2, 0.25) is 0 Å². The summed E-state index contributed by atoms with van der Waals surface area (Å²) in [7, 11) is 0. The molecular weight excluding hydrogens is 325 g/mol. The molecule has 1 rings (SSSR count). The van der Waals surface area contributed by atoms with Gasteiger partial charge in [-0.1, -0.05) is 0 Å². The van der Waals surface area contributed by atoms with Crippen LogP contribution in [-0.4, -0.2) is 43.8 Å². The van der Waals surface area contributed by atoms with E-state index in [9.17, 15) is 9.18 Å². The highest BCUT2D eigenvalue weighted by Crippen LogP contribution is 2.13. The van der Waals surface area contributed by atoms with Crippen LogP contribution in [0.3, 0.4) is 0 Å². The van der Waals surface area contributed by atoms with Gasteiger partial charge in [-0.05, 0) is 52.0 Å². The number of carbonyl (C=O) groups is 1. The molecule has 2 N–H and O–H groups in total. The average molecular weight is 353 g/mol. The minimum atomic E-state index is -0.298. The van der Waals surface area contributed by atoms with Gasteiger partial charge in [-0.25, -0.2) is 9.38 Å². The van der Waals surface area contributed by atoms with E-state index in [0.717, 1.165) is 0 Å². The molecule has 0 radical (unpaired) electrons. The number of hydrogen-bond donors (Lipinski definition) is 2. The monoisotopic (exact) mass is 353 g/mol. The van der Waals surface area contributed by atoms with Crippen molar-refractivity contribution in [2.24, 2.45) is 4.99 Å². The van der Waals surface area contributed by atoms with Crippen LogP contribution in [0.4, 0.5) is 4.39 Å². The Bertz CT molecular complexity index is 547. The summed E-state index contributed by atoms with van der Waals surface area (Å²) in [6.45, 7) is 9.04. The second kappa shape index (κ2) is 11.3. The van der Waals surface area contributed by atoms with Gasteiger partial charge in [0.2, 0.25) is 0 Å². The minimum Gasteiger partial charge on any atom is -0.489 e. The Morgan fingerprint density at radius 2 is 1.88 bits per heavy atom. The van der Waals surface area contributed by atoms with E-state index in [2.05, 4.69) is 15.6 Å². The van der Waals surface area contributed by atoms with Gasteiger partial charge in [0, 0.05) is 13.1 Å². The molecule has 6 nitrogen and oxygen atoms in total. The number of ether oxygens (including phenoxy) is 2. The molecule has 0 aliphatic carbocycles. The summed E-state index contributed by atoms with van der Waals surface area (Å²) in [5.74, 6) is 0.659. The maximum atomic E-state index is 12.9. The maximum absolute atomic E-state index is 12.9. The van der Waals surface area contributed by atoms with Crippen LogP contribution in [0.25, 0.3) is 0 Å². The number of halogens is 1. The van der Waals surface area contributed by atoms with Crippen LogP contribution in [0.15, 0.2) is 29.3 Å². The van der Waals surface area contributed by atoms with Gasteiger partial charge in [0.05, 0.1) is 19.1 Å². The minimum absolute atomic E-state index is 0.112. The zero-order valence-electron chi connectivity index (χ0n) is 15.3. The number of guanidine groups is 1. The first-order valence-corrected chi connectivity index (χ1v) is 8.54. The SMILES string of the molecule is CCNC(=NCC(C)Oc1ccc(F)cc1)NCCC(=O)OC(C)C. The summed E-state index contributed by atoms with van der Waals surface area (Å²) in [4.78, 5) is 15.9. The zero-order chi connectivity index (χ0) is 18.7. The molecule has 0 fully saturated rings. The summed E-state index contributed by atoms with van der Waals surface area (Å²) < 4.78 is 23.6. The van der Waals surface area contributed by atoms with Crippen LogP contribution in [0.1, 0.15) is 34.1 Å². The molecule has 1 aromatic rings. The Kier molecular flexibility index (Phi) is 9.36. The first kappa shape index (κ1) is 20.7. The topological polar surface area (TPSA) is 72.0 Å². The number of nitrogens with zero attached hydrogens (tertiary/aromatic N) is 1. The first-order chi connectivity index (χ1) is 11.9. The fourth-order valence-corrected chi connectivity index (χ4v) is 1.95. The van der Waals surface area contributed by atoms with Crippen molar-refractivity contribution in [1.29, 1.82) is 0 Å². The number of esters is 1. The lowest BCUT2D eigenvalue weighted by atomic mass is 10.3. The lowest BCUT2D eigenvalue weighted by Crippen LogP contribution is -2.39. The fourth-order valence-electron chi connectivity index (χ4n) is 1.95. The Balaban J connectivity index is 2.42. The highest BCUT2D eigenvalue weighted by molar-refractivity contribution is 5.80. The van der Waals surface area contributed by atoms with E-state index >= 15 is 0 Å². The molecule has 0 aromatic heterocycles. The molecule has 25 heavy (non-hydrogen) atoms. The standard InChI is InChI=1S/C18H28FN3O3/c1-5-20-18(21-11-10-17(23)24-13(2)3)22-12-14(4)25-16-8-6-15(19)7-9-16/h6-9,13-14H,5,10-12H2,1-4H3,(H2,20,21,22). The zero-order valence-corrected chi connectivity index (χ0v) is 15.3. The van der Waals surface area contributed by atoms with Crippen molar-refractivity contribution in [3.8, 4) is 5.75 Å². The van der Waals surface area contributed by atoms with Gasteiger partial charge in [-0.15, -0.1) is 0 Å². The van der Waals surface area contributed by atoms with Gasteiger partial charge >= 0.3 is 5.97 Å². The van der Waals surface area contributed by atoms with Gasteiger partial charge in [0.25, 0.3) is 0 Å². The predicted molar refractivity (Wildman–Crippen MR) is 96.3 cm³/mol. The molecule has 0 aliphatic heterocycles. The van der Waals surface area contributed by atoms with E-state index in [-0.39, 0.29) is 30.4 Å². The first-order valence-electron chi connectivity index (χ1n) is 8.54. The smallest absolute Gasteiger partial charge is 0.307 e. The molecule has 7 heteroatoms. The van der Waals surface area contributed by atoms with Crippen LogP contribution in [0.5, 0.6) is 5.75 Å². The summed E-state index contributed by atoms with van der Waals surface area (Å²) in [5.41, 5.74) is 0. The number of carbonyl (C=O) groups excluding carboxylic acids is 1. The van der Waals surface area contributed by atoms with E-state index in [0.29, 0.717) is 31.3 Å². The lowest BCUT2D eigenvalue weighted by Gasteiger charge is -2.15. The van der Waals surface area contributed by atoms with Crippen LogP contribution < -0.4 is 15.4 Å². The van der Waals surface area contributed by atoms with Crippen molar-refractivity contribution in [3.05, 3.63) is 30.1 Å². The Hall–Kier alpha value is -2.31. The van der Waals surface area contributed by atoms with Crippen molar-refractivity contribution in [3.63, 3.8) is 0 Å². The molecule has 0 spiro atoms. The van der Waals surface area contributed by atoms with Crippen molar-refractivity contribution in [2.45, 2.75) is 46.3 Å². The van der Waals surface area contributed by atoms with Crippen LogP contribution in [0, 0.1) is 5.82 Å². The fraction of sp³-hybridized carbons (Fsp3) is 0.556. The van der Waals surface area contributed by atoms with E-state index in [4.69, 9.17) is 9.47 Å². The van der Waals surface area contributed by atoms with E-state index in [1.807, 2.05) is 27.7 Å². The van der Waals surface area contributed by atoms with E-state index in [1.54, 1.807) is 12.1 Å². The molecule has 140 valence electrons. The van der Waals surface area contributed by atoms with Crippen molar-refractivity contribution >= 4 is 11.9 Å². The molecule has 0 saturated carbocycles. The summed E-state index contributed by atoms with van der Waals surface area (Å²) in [6, 6.07) is 5.87. The van der Waals surface area contributed by atoms with Gasteiger partial charge in [-0.3, -0.25) is 4.79 Å². The Labute approximate surface area is 148 Å². The highest BCUT2D eigenvalue weighted by Gasteiger charge is 2.07. The van der Waals surface area contributed by atoms with Crippen molar-refractivity contribution in [2.75, 3.05) is 19.6 Å². The second-order valence-corrected chi connectivity index (χ2v) is 5.82. The molecule has 0 saturated heterocycles.